The van der Waals surface area contributed by atoms with Crippen molar-refractivity contribution in [3.05, 3.63) is 11.6 Å². The molecule has 0 amide bonds. The number of hydrogen-bond acceptors (Lipinski definition) is 17. The number of unbranched alkanes of at least 4 members (excludes halogenated alkanes) is 1. The van der Waals surface area contributed by atoms with Gasteiger partial charge in [-0.15, -0.1) is 0 Å². The molecule has 1 N–H and O–H groups in total. The van der Waals surface area contributed by atoms with E-state index in [0.717, 1.165) is 154 Å². The van der Waals surface area contributed by atoms with Gasteiger partial charge in [0.25, 0.3) is 0 Å². The van der Waals surface area contributed by atoms with Crippen LogP contribution in [0.2, 0.25) is 109 Å². The van der Waals surface area contributed by atoms with Crippen LogP contribution in [-0.4, -0.2) is 186 Å². The molecule has 8 aliphatic rings. The number of ether oxygens (including phenoxy) is 8. The second-order valence-corrected chi connectivity index (χ2v) is 67.4. The number of esters is 1. The number of carboxylic acids is 1. The zero-order chi connectivity index (χ0) is 84.6. The predicted octanol–water partition coefficient (Wildman–Crippen LogP) is 22.2. The maximum Gasteiger partial charge on any atom is 0.338 e. The first kappa shape index (κ1) is 98.6. The highest BCUT2D eigenvalue weighted by molar-refractivity contribution is 6.75. The molecule has 17 unspecified atom stereocenters. The van der Waals surface area contributed by atoms with Gasteiger partial charge >= 0.3 is 11.9 Å². The summed E-state index contributed by atoms with van der Waals surface area (Å²) >= 11 is 0. The Morgan fingerprint density at radius 1 is 0.518 bits per heavy atom. The largest absolute Gasteiger partial charge is 0.481 e. The second-order valence-electron chi connectivity index (χ2n) is 39.0. The van der Waals surface area contributed by atoms with Crippen molar-refractivity contribution >= 4 is 68.1 Å². The Hall–Kier alpha value is -0.869. The molecule has 3 aliphatic heterocycles. The zero-order valence-corrected chi connectivity index (χ0v) is 83.6. The Balaban J connectivity index is 1.40. The first-order valence-electron chi connectivity index (χ1n) is 47.0. The summed E-state index contributed by atoms with van der Waals surface area (Å²) in [5.74, 6) is -1.85. The van der Waals surface area contributed by atoms with Crippen LogP contribution in [0.15, 0.2) is 11.6 Å². The predicted molar refractivity (Wildman–Crippen MR) is 473 cm³/mol. The highest BCUT2D eigenvalue weighted by Gasteiger charge is 2.73. The zero-order valence-electron chi connectivity index (χ0n) is 77.6. The van der Waals surface area contributed by atoms with E-state index < -0.39 is 153 Å². The molecule has 0 aromatic carbocycles. The lowest BCUT2D eigenvalue weighted by Gasteiger charge is -2.71. The van der Waals surface area contributed by atoms with Gasteiger partial charge in [0.2, 0.25) is 0 Å². The number of methoxy groups -OCH3 is 1. The molecule has 7 fully saturated rings. The molecule has 0 spiro atoms. The molecule has 0 bridgehead atoms. The SMILES string of the molecule is CCCCOC(=O)C1OC(O[C@H]2CC[C@@]3(C)C(CC[C@]4(C)C3CC=C3C5CC(C)(C)CC[C@]5(C(=O)O)[C@H](OC)C[C@]34C)[C@]2(C)C=O)C(OC2OC(CO[Si](CC)(CC)CC)C(C)C(O[Si](CC)(CC)CC)C2O[Si](CC)(CC)CC)C(OC2OCC(O[Si](CC)(CC)CC)C(C)C2O[Si](CC)(CC)CC)C1O[Si](CC)(CC)CC. The Kier molecular flexibility index (Phi) is 34.9. The molecule has 3 heterocycles. The summed E-state index contributed by atoms with van der Waals surface area (Å²) in [5.41, 5.74) is -1.85. The van der Waals surface area contributed by atoms with Crippen LogP contribution >= 0.6 is 0 Å². The highest BCUT2D eigenvalue weighted by Crippen LogP contribution is 2.76. The molecule has 0 aromatic heterocycles. The molecule has 24 atom stereocenters. The van der Waals surface area contributed by atoms with Crippen LogP contribution in [0.4, 0.5) is 0 Å². The Morgan fingerprint density at radius 2 is 1.01 bits per heavy atom. The van der Waals surface area contributed by atoms with Gasteiger partial charge in [0.15, 0.2) is 74.9 Å². The Morgan fingerprint density at radius 3 is 1.51 bits per heavy atom. The molecule has 0 aromatic rings. The van der Waals surface area contributed by atoms with Crippen molar-refractivity contribution in [3.8, 4) is 0 Å². The summed E-state index contributed by atoms with van der Waals surface area (Å²) in [6, 6.07) is 16.2. The van der Waals surface area contributed by atoms with Gasteiger partial charge in [0.1, 0.15) is 42.2 Å². The number of aldehydes is 1. The second kappa shape index (κ2) is 40.4. The van der Waals surface area contributed by atoms with Crippen molar-refractivity contribution in [2.24, 2.45) is 62.1 Å². The molecule has 5 aliphatic carbocycles. The monoisotopic (exact) mass is 1710 g/mol. The van der Waals surface area contributed by atoms with Gasteiger partial charge in [-0.05, 0) is 212 Å². The number of carbonyl (C=O) groups excluding carboxylic acids is 2. The third-order valence-electron chi connectivity index (χ3n) is 34.5. The van der Waals surface area contributed by atoms with E-state index in [2.05, 4.69) is 193 Å². The standard InChI is InChI=1S/C90H170O18Si6/c1-29-48-57-96-80(92)77-76(107-113(42-14,43-15)44-16)75(101-81-74(106-112(39-11,40-12)41-13)64(21)68(60-97-81)104-110(33-5,34-6)35-7)78(103-83-79(108-114(45-17,46-18)47-19)73(105-111(36-8,37-9)38-10)63(20)67(99-83)61-98-109(30-2,31-3)32-4)82(102-77)100-71-52-53-86(24)69(87(71,25)62-91)51-54-88(26)70(86)50-49-65-66-58-85(22,23)55-56-90(66,84(93)94)72(95-28)59-89(65,88)27/h49,62-64,66-79,81-83H,29-48,50-61H2,1-28H3,(H,93,94)/t63?,64?,66?,67?,68?,69?,70?,71-,72+,73?,74?,75?,76?,77?,78?,79?,81?,82?,83?,86-,87-,88+,89+,90+/m0/s1. The molecule has 0 radical (unpaired) electrons. The van der Waals surface area contributed by atoms with E-state index in [4.69, 9.17) is 64.5 Å². The summed E-state index contributed by atoms with van der Waals surface area (Å²) in [5, 5.41) is 11.5. The maximum absolute atomic E-state index is 16.1. The lowest BCUT2D eigenvalue weighted by Crippen LogP contribution is -2.70. The van der Waals surface area contributed by atoms with Crippen molar-refractivity contribution in [2.45, 2.75) is 452 Å². The van der Waals surface area contributed by atoms with Gasteiger partial charge in [-0.3, -0.25) is 4.79 Å². The van der Waals surface area contributed by atoms with Crippen LogP contribution < -0.4 is 0 Å². The quantitative estimate of drug-likeness (QED) is 0.0151. The molecule has 18 nitrogen and oxygen atoms in total. The van der Waals surface area contributed by atoms with E-state index >= 15 is 9.59 Å². The van der Waals surface area contributed by atoms with Crippen LogP contribution in [0.5, 0.6) is 0 Å². The van der Waals surface area contributed by atoms with Gasteiger partial charge < -0.3 is 74.4 Å². The Bertz CT molecular complexity index is 3020. The van der Waals surface area contributed by atoms with Crippen LogP contribution in [0.1, 0.15) is 258 Å². The smallest absolute Gasteiger partial charge is 0.338 e. The molecule has 114 heavy (non-hydrogen) atoms. The van der Waals surface area contributed by atoms with Gasteiger partial charge in [-0.1, -0.05) is 205 Å². The lowest BCUT2D eigenvalue weighted by molar-refractivity contribution is -0.385. The minimum atomic E-state index is -2.82. The number of carboxylic acid groups (broad SMARTS) is 1. The number of carbonyl (C=O) groups is 3. The fraction of sp³-hybridized carbons (Fsp3) is 0.944. The van der Waals surface area contributed by atoms with Crippen LogP contribution in [0, 0.1) is 62.1 Å². The number of aliphatic carboxylic acids is 1. The first-order chi connectivity index (χ1) is 54.0. The van der Waals surface area contributed by atoms with E-state index in [-0.39, 0.29) is 70.6 Å². The minimum absolute atomic E-state index is 0.0334. The van der Waals surface area contributed by atoms with Gasteiger partial charge in [-0.2, -0.15) is 0 Å². The molecule has 4 saturated carbocycles. The lowest BCUT2D eigenvalue weighted by atomic mass is 9.33. The third-order valence-corrected chi connectivity index (χ3v) is 62.4. The normalized spacial score (nSPS) is 37.6. The summed E-state index contributed by atoms with van der Waals surface area (Å²) in [6.45, 7) is 62.5. The van der Waals surface area contributed by atoms with Crippen molar-refractivity contribution in [1.82, 2.24) is 0 Å². The summed E-state index contributed by atoms with van der Waals surface area (Å²) < 4.78 is 108. The van der Waals surface area contributed by atoms with E-state index in [1.807, 2.05) is 0 Å². The minimum Gasteiger partial charge on any atom is -0.481 e. The highest BCUT2D eigenvalue weighted by atomic mass is 28.4. The summed E-state index contributed by atoms with van der Waals surface area (Å²) in [4.78, 5) is 45.5. The molecular formula is C90H170O18Si6. The van der Waals surface area contributed by atoms with Crippen molar-refractivity contribution < 1.29 is 83.9 Å². The fourth-order valence-corrected chi connectivity index (χ4v) is 41.3. The molecular weight excluding hydrogens is 1540 g/mol. The summed E-state index contributed by atoms with van der Waals surface area (Å²) in [7, 11) is -13.1. The molecule has 662 valence electrons. The number of rotatable bonds is 44. The van der Waals surface area contributed by atoms with Crippen LogP contribution in [0.25, 0.3) is 0 Å². The molecule has 8 rings (SSSR count). The number of allylic oxidation sites excluding steroid dienone is 2. The molecule has 24 heteroatoms. The topological polar surface area (TPSA) is 201 Å². The summed E-state index contributed by atoms with van der Waals surface area (Å²) in [6.07, 6.45) is -0.761. The third kappa shape index (κ3) is 18.7. The van der Waals surface area contributed by atoms with Crippen molar-refractivity contribution in [3.63, 3.8) is 0 Å². The van der Waals surface area contributed by atoms with Crippen LogP contribution in [-0.2, 0) is 78.8 Å². The average molecular weight is 1710 g/mol. The van der Waals surface area contributed by atoms with E-state index in [1.54, 1.807) is 7.11 Å². The van der Waals surface area contributed by atoms with E-state index in [0.29, 0.717) is 32.3 Å². The van der Waals surface area contributed by atoms with Crippen molar-refractivity contribution in [2.75, 3.05) is 26.9 Å². The average Bonchev–Trinajstić information content (AvgIpc) is 0.669. The molecule has 3 saturated heterocycles. The van der Waals surface area contributed by atoms with Crippen LogP contribution in [0.3, 0.4) is 0 Å². The van der Waals surface area contributed by atoms with E-state index in [1.165, 1.54) is 11.9 Å². The first-order valence-corrected chi connectivity index (χ1v) is 62.2. The van der Waals surface area contributed by atoms with E-state index in [9.17, 15) is 9.90 Å². The Labute approximate surface area is 700 Å². The maximum atomic E-state index is 16.1. The van der Waals surface area contributed by atoms with Gasteiger partial charge in [0, 0.05) is 18.9 Å². The van der Waals surface area contributed by atoms with Gasteiger partial charge in [0.05, 0.1) is 55.8 Å². The number of fused-ring (bicyclic) bond motifs is 7. The van der Waals surface area contributed by atoms with Crippen molar-refractivity contribution in [1.29, 1.82) is 0 Å². The van der Waals surface area contributed by atoms with Gasteiger partial charge in [-0.25, -0.2) is 4.79 Å². The number of hydrogen-bond donors (Lipinski definition) is 1. The fourth-order valence-electron chi connectivity index (χ4n) is 24.2.